The van der Waals surface area contributed by atoms with Crippen LogP contribution in [0.1, 0.15) is 22.8 Å². The van der Waals surface area contributed by atoms with Crippen LogP contribution in [0.25, 0.3) is 22.4 Å². The zero-order chi connectivity index (χ0) is 23.2. The van der Waals surface area contributed by atoms with Crippen molar-refractivity contribution in [3.63, 3.8) is 0 Å². The third kappa shape index (κ3) is 5.04. The highest BCUT2D eigenvalue weighted by Crippen LogP contribution is 2.35. The van der Waals surface area contributed by atoms with Crippen LogP contribution in [0, 0.1) is 6.92 Å². The summed E-state index contributed by atoms with van der Waals surface area (Å²) in [5.74, 6) is 0.768. The number of methoxy groups -OCH3 is 1. The van der Waals surface area contributed by atoms with Gasteiger partial charge in [-0.3, -0.25) is 0 Å². The van der Waals surface area contributed by atoms with Gasteiger partial charge in [-0.25, -0.2) is 9.78 Å². The molecule has 1 aromatic heterocycles. The lowest BCUT2D eigenvalue weighted by atomic mass is 9.97. The number of pyridine rings is 1. The molecule has 0 amide bonds. The largest absolute Gasteiger partial charge is 0.497 e. The smallest absolute Gasteiger partial charge is 0.342 e. The molecule has 0 aliphatic rings. The highest BCUT2D eigenvalue weighted by Gasteiger charge is 2.22. The second kappa shape index (κ2) is 10.0. The molecule has 0 atom stereocenters. The van der Waals surface area contributed by atoms with Crippen LogP contribution in [0.2, 0.25) is 0 Å². The highest BCUT2D eigenvalue weighted by atomic mass is 16.5. The number of hydrogen-bond acceptors (Lipinski definition) is 5. The van der Waals surface area contributed by atoms with Crippen LogP contribution in [0.4, 0.5) is 11.5 Å². The van der Waals surface area contributed by atoms with E-state index < -0.39 is 5.97 Å². The fraction of sp³-hybridized carbons (Fsp3) is 0.143. The summed E-state index contributed by atoms with van der Waals surface area (Å²) in [6, 6.07) is 27.4. The average molecular weight is 439 g/mol. The molecule has 0 spiro atoms. The number of benzene rings is 3. The average Bonchev–Trinajstić information content (AvgIpc) is 2.85. The summed E-state index contributed by atoms with van der Waals surface area (Å²) in [4.78, 5) is 18.0. The second-order valence-electron chi connectivity index (χ2n) is 7.58. The molecule has 0 unspecified atom stereocenters. The molecule has 1 N–H and O–H groups in total. The van der Waals surface area contributed by atoms with Crippen LogP contribution in [-0.2, 0) is 4.74 Å². The van der Waals surface area contributed by atoms with Gasteiger partial charge < -0.3 is 14.8 Å². The quantitative estimate of drug-likeness (QED) is 0.327. The number of hydrogen-bond donors (Lipinski definition) is 1. The molecule has 166 valence electrons. The first kappa shape index (κ1) is 22.1. The molecular weight excluding hydrogens is 412 g/mol. The predicted molar refractivity (Wildman–Crippen MR) is 132 cm³/mol. The summed E-state index contributed by atoms with van der Waals surface area (Å²) < 4.78 is 10.7. The van der Waals surface area contributed by atoms with Crippen molar-refractivity contribution in [1.82, 2.24) is 4.98 Å². The van der Waals surface area contributed by atoms with E-state index in [9.17, 15) is 4.79 Å². The topological polar surface area (TPSA) is 60.5 Å². The normalized spacial score (nSPS) is 10.5. The monoisotopic (exact) mass is 438 g/mol. The fourth-order valence-corrected chi connectivity index (χ4v) is 3.57. The van der Waals surface area contributed by atoms with Gasteiger partial charge in [0.15, 0.2) is 0 Å². The van der Waals surface area contributed by atoms with Gasteiger partial charge in [0.05, 0.1) is 19.4 Å². The molecule has 3 aromatic carbocycles. The van der Waals surface area contributed by atoms with E-state index in [0.717, 1.165) is 39.4 Å². The van der Waals surface area contributed by atoms with Gasteiger partial charge in [-0.2, -0.15) is 0 Å². The fourth-order valence-electron chi connectivity index (χ4n) is 3.57. The molecule has 4 aromatic rings. The zero-order valence-electron chi connectivity index (χ0n) is 19.0. The van der Waals surface area contributed by atoms with Gasteiger partial charge in [-0.15, -0.1) is 0 Å². The number of anilines is 2. The molecule has 33 heavy (non-hydrogen) atoms. The maximum Gasteiger partial charge on any atom is 0.342 e. The molecule has 5 nitrogen and oxygen atoms in total. The van der Waals surface area contributed by atoms with Crippen molar-refractivity contribution in [2.45, 2.75) is 13.8 Å². The van der Waals surface area contributed by atoms with Gasteiger partial charge in [-0.1, -0.05) is 60.2 Å². The SMILES string of the molecule is CCOC(=O)c1c(-c2ccc(C)cc2)cc(-c2ccccc2)nc1Nc1ccc(OC)cc1. The Balaban J connectivity index is 1.92. The summed E-state index contributed by atoms with van der Waals surface area (Å²) in [6.07, 6.45) is 0. The number of rotatable bonds is 7. The first-order valence-electron chi connectivity index (χ1n) is 10.8. The summed E-state index contributed by atoms with van der Waals surface area (Å²) in [5, 5.41) is 3.33. The molecule has 0 fully saturated rings. The Kier molecular flexibility index (Phi) is 6.69. The lowest BCUT2D eigenvalue weighted by Gasteiger charge is -2.17. The number of aromatic nitrogens is 1. The van der Waals surface area contributed by atoms with E-state index in [0.29, 0.717) is 11.4 Å². The lowest BCUT2D eigenvalue weighted by molar-refractivity contribution is 0.0528. The Labute approximate surface area is 194 Å². The molecular formula is C28H26N2O3. The molecule has 1 heterocycles. The first-order valence-corrected chi connectivity index (χ1v) is 10.8. The molecule has 4 rings (SSSR count). The lowest BCUT2D eigenvalue weighted by Crippen LogP contribution is -2.12. The van der Waals surface area contributed by atoms with Crippen molar-refractivity contribution < 1.29 is 14.3 Å². The Morgan fingerprint density at radius 1 is 0.909 bits per heavy atom. The van der Waals surface area contributed by atoms with Crippen LogP contribution >= 0.6 is 0 Å². The molecule has 0 saturated carbocycles. The van der Waals surface area contributed by atoms with Crippen LogP contribution < -0.4 is 10.1 Å². The summed E-state index contributed by atoms with van der Waals surface area (Å²) in [6.45, 7) is 4.11. The van der Waals surface area contributed by atoms with Crippen molar-refractivity contribution >= 4 is 17.5 Å². The van der Waals surface area contributed by atoms with Crippen LogP contribution in [0.5, 0.6) is 5.75 Å². The van der Waals surface area contributed by atoms with E-state index in [1.54, 1.807) is 14.0 Å². The minimum absolute atomic E-state index is 0.272. The van der Waals surface area contributed by atoms with Crippen molar-refractivity contribution in [1.29, 1.82) is 0 Å². The van der Waals surface area contributed by atoms with Gasteiger partial charge in [0.1, 0.15) is 17.1 Å². The van der Waals surface area contributed by atoms with Crippen LogP contribution in [0.3, 0.4) is 0 Å². The molecule has 5 heteroatoms. The van der Waals surface area contributed by atoms with Crippen molar-refractivity contribution in [3.05, 3.63) is 96.1 Å². The van der Waals surface area contributed by atoms with Crippen LogP contribution in [0.15, 0.2) is 84.9 Å². The minimum atomic E-state index is -0.420. The number of ether oxygens (including phenoxy) is 2. The third-order valence-corrected chi connectivity index (χ3v) is 5.28. The Morgan fingerprint density at radius 3 is 2.24 bits per heavy atom. The molecule has 0 bridgehead atoms. The number of aryl methyl sites for hydroxylation is 1. The molecule has 0 aliphatic heterocycles. The second-order valence-corrected chi connectivity index (χ2v) is 7.58. The number of esters is 1. The number of carbonyl (C=O) groups excluding carboxylic acids is 1. The molecule has 0 aliphatic carbocycles. The van der Waals surface area contributed by atoms with Crippen molar-refractivity contribution in [2.75, 3.05) is 19.0 Å². The van der Waals surface area contributed by atoms with Gasteiger partial charge in [0.25, 0.3) is 0 Å². The number of nitrogens with one attached hydrogen (secondary N) is 1. The van der Waals surface area contributed by atoms with E-state index in [1.165, 1.54) is 0 Å². The predicted octanol–water partition coefficient (Wildman–Crippen LogP) is 6.65. The van der Waals surface area contributed by atoms with Crippen LogP contribution in [-0.4, -0.2) is 24.7 Å². The summed E-state index contributed by atoms with van der Waals surface area (Å²) in [7, 11) is 1.63. The van der Waals surface area contributed by atoms with E-state index in [1.807, 2.05) is 91.9 Å². The zero-order valence-corrected chi connectivity index (χ0v) is 19.0. The Bertz CT molecular complexity index is 1230. The Morgan fingerprint density at radius 2 is 1.61 bits per heavy atom. The standard InChI is InChI=1S/C28H26N2O3/c1-4-33-28(31)26-24(20-12-10-19(2)11-13-20)18-25(21-8-6-5-7-9-21)30-27(26)29-22-14-16-23(32-3)17-15-22/h5-18H,4H2,1-3H3,(H,29,30). The summed E-state index contributed by atoms with van der Waals surface area (Å²) in [5.41, 5.74) is 5.73. The maximum atomic E-state index is 13.1. The van der Waals surface area contributed by atoms with Crippen molar-refractivity contribution in [3.8, 4) is 28.1 Å². The van der Waals surface area contributed by atoms with E-state index in [4.69, 9.17) is 14.5 Å². The molecule has 0 radical (unpaired) electrons. The first-order chi connectivity index (χ1) is 16.1. The minimum Gasteiger partial charge on any atom is -0.497 e. The van der Waals surface area contributed by atoms with E-state index >= 15 is 0 Å². The third-order valence-electron chi connectivity index (χ3n) is 5.28. The molecule has 0 saturated heterocycles. The van der Waals surface area contributed by atoms with Gasteiger partial charge >= 0.3 is 5.97 Å². The van der Waals surface area contributed by atoms with Gasteiger partial charge in [0.2, 0.25) is 0 Å². The van der Waals surface area contributed by atoms with E-state index in [2.05, 4.69) is 5.32 Å². The number of carbonyl (C=O) groups is 1. The van der Waals surface area contributed by atoms with Gasteiger partial charge in [-0.05, 0) is 49.7 Å². The summed E-state index contributed by atoms with van der Waals surface area (Å²) >= 11 is 0. The Hall–Kier alpha value is -4.12. The maximum absolute atomic E-state index is 13.1. The van der Waals surface area contributed by atoms with E-state index in [-0.39, 0.29) is 6.61 Å². The van der Waals surface area contributed by atoms with Crippen molar-refractivity contribution in [2.24, 2.45) is 0 Å². The highest BCUT2D eigenvalue weighted by molar-refractivity contribution is 6.03. The van der Waals surface area contributed by atoms with Gasteiger partial charge in [0, 0.05) is 16.8 Å². The number of nitrogens with zero attached hydrogens (tertiary/aromatic N) is 1.